The Kier molecular flexibility index (Phi) is 6.77. The highest BCUT2D eigenvalue weighted by molar-refractivity contribution is 7.16. The molecule has 1 heterocycles. The molecule has 0 aliphatic heterocycles. The molecular weight excluding hydrogens is 390 g/mol. The zero-order valence-electron chi connectivity index (χ0n) is 16.5. The van der Waals surface area contributed by atoms with Crippen LogP contribution in [0.3, 0.4) is 0 Å². The van der Waals surface area contributed by atoms with Gasteiger partial charge >= 0.3 is 0 Å². The van der Waals surface area contributed by atoms with Crippen LogP contribution in [-0.4, -0.2) is 22.0 Å². The fourth-order valence-electron chi connectivity index (χ4n) is 2.95. The number of carbonyl (C=O) groups excluding carboxylic acids is 1. The second-order valence-corrected chi connectivity index (χ2v) is 7.54. The van der Waals surface area contributed by atoms with Gasteiger partial charge in [0, 0.05) is 24.2 Å². The molecule has 0 atom stereocenters. The minimum absolute atomic E-state index is 0.0226. The molecule has 0 fully saturated rings. The van der Waals surface area contributed by atoms with E-state index < -0.39 is 4.92 Å². The number of amides is 1. The van der Waals surface area contributed by atoms with Crippen LogP contribution < -0.4 is 9.54 Å². The van der Waals surface area contributed by atoms with Gasteiger partial charge in [0.05, 0.1) is 21.7 Å². The second-order valence-electron chi connectivity index (χ2n) is 6.53. The maximum absolute atomic E-state index is 12.6. The lowest BCUT2D eigenvalue weighted by atomic mass is 10.2. The van der Waals surface area contributed by atoms with Crippen LogP contribution in [0.2, 0.25) is 0 Å². The molecule has 1 aromatic heterocycles. The van der Waals surface area contributed by atoms with Gasteiger partial charge in [-0.3, -0.25) is 14.9 Å². The van der Waals surface area contributed by atoms with Crippen LogP contribution in [0.15, 0.2) is 47.5 Å². The van der Waals surface area contributed by atoms with Gasteiger partial charge in [0.15, 0.2) is 4.80 Å². The number of hydrogen-bond acceptors (Lipinski definition) is 5. The summed E-state index contributed by atoms with van der Waals surface area (Å²) >= 11 is 1.27. The van der Waals surface area contributed by atoms with Gasteiger partial charge < -0.3 is 9.30 Å². The summed E-state index contributed by atoms with van der Waals surface area (Å²) in [5, 5.41) is 11.0. The van der Waals surface area contributed by atoms with E-state index >= 15 is 0 Å². The average Bonchev–Trinajstić information content (AvgIpc) is 3.07. The van der Waals surface area contributed by atoms with Crippen molar-refractivity contribution in [2.75, 3.05) is 6.61 Å². The van der Waals surface area contributed by atoms with Crippen molar-refractivity contribution in [2.24, 2.45) is 4.99 Å². The van der Waals surface area contributed by atoms with E-state index in [-0.39, 0.29) is 11.6 Å². The van der Waals surface area contributed by atoms with Gasteiger partial charge in [-0.05, 0) is 43.7 Å². The summed E-state index contributed by atoms with van der Waals surface area (Å²) < 4.78 is 8.28. The molecule has 0 bridgehead atoms. The lowest BCUT2D eigenvalue weighted by Crippen LogP contribution is -2.15. The highest BCUT2D eigenvalue weighted by Crippen LogP contribution is 2.23. The Labute approximate surface area is 172 Å². The summed E-state index contributed by atoms with van der Waals surface area (Å²) in [6.07, 6.45) is 3.28. The van der Waals surface area contributed by atoms with Crippen molar-refractivity contribution in [2.45, 2.75) is 39.7 Å². The zero-order valence-corrected chi connectivity index (χ0v) is 17.3. The number of aryl methyl sites for hydroxylation is 1. The summed E-state index contributed by atoms with van der Waals surface area (Å²) in [6, 6.07) is 11.6. The van der Waals surface area contributed by atoms with E-state index in [2.05, 4.69) is 11.9 Å². The molecule has 0 aliphatic rings. The van der Waals surface area contributed by atoms with E-state index in [9.17, 15) is 14.9 Å². The molecular formula is C21H23N3O4S. The van der Waals surface area contributed by atoms with Crippen molar-refractivity contribution in [1.82, 2.24) is 4.57 Å². The molecule has 0 unspecified atom stereocenters. The maximum atomic E-state index is 12.6. The number of nitro groups is 1. The fraction of sp³-hybridized carbons (Fsp3) is 0.333. The van der Waals surface area contributed by atoms with Gasteiger partial charge in [-0.15, -0.1) is 0 Å². The van der Waals surface area contributed by atoms with Crippen molar-refractivity contribution in [3.05, 3.63) is 62.9 Å². The van der Waals surface area contributed by atoms with Crippen molar-refractivity contribution < 1.29 is 14.5 Å². The lowest BCUT2D eigenvalue weighted by Gasteiger charge is -2.05. The molecule has 0 N–H and O–H groups in total. The van der Waals surface area contributed by atoms with Crippen LogP contribution in [0.1, 0.15) is 43.5 Å². The SMILES string of the molecule is CCCCCOc1ccc(C(=O)N=c2sc3cc([N+](=O)[O-])ccc3n2CC)cc1. The molecule has 7 nitrogen and oxygen atoms in total. The number of fused-ring (bicyclic) bond motifs is 1. The molecule has 0 saturated carbocycles. The fourth-order valence-corrected chi connectivity index (χ4v) is 4.08. The number of hydrogen-bond donors (Lipinski definition) is 0. The molecule has 3 aromatic rings. The number of nitro benzene ring substituents is 1. The summed E-state index contributed by atoms with van der Waals surface area (Å²) in [6.45, 7) is 5.36. The van der Waals surface area contributed by atoms with Crippen molar-refractivity contribution in [3.63, 3.8) is 0 Å². The number of carbonyl (C=O) groups is 1. The highest BCUT2D eigenvalue weighted by atomic mass is 32.1. The van der Waals surface area contributed by atoms with E-state index in [4.69, 9.17) is 4.74 Å². The number of ether oxygens (including phenoxy) is 1. The van der Waals surface area contributed by atoms with Gasteiger partial charge in [0.25, 0.3) is 11.6 Å². The minimum Gasteiger partial charge on any atom is -0.494 e. The van der Waals surface area contributed by atoms with Gasteiger partial charge in [-0.25, -0.2) is 0 Å². The Balaban J connectivity index is 1.84. The van der Waals surface area contributed by atoms with E-state index in [0.29, 0.717) is 23.5 Å². The van der Waals surface area contributed by atoms with Crippen LogP contribution in [0.25, 0.3) is 10.2 Å². The third-order valence-corrected chi connectivity index (χ3v) is 5.55. The standard InChI is InChI=1S/C21H23N3O4S/c1-3-5-6-13-28-17-10-7-15(8-11-17)20(25)22-21-23(4-2)18-12-9-16(24(26)27)14-19(18)29-21/h7-12,14H,3-6,13H2,1-2H3. The average molecular weight is 413 g/mol. The molecule has 8 heteroatoms. The first kappa shape index (κ1) is 20.7. The lowest BCUT2D eigenvalue weighted by molar-refractivity contribution is -0.384. The minimum atomic E-state index is -0.427. The van der Waals surface area contributed by atoms with E-state index in [0.717, 1.165) is 35.2 Å². The molecule has 0 spiro atoms. The zero-order chi connectivity index (χ0) is 20.8. The molecule has 152 valence electrons. The number of rotatable bonds is 8. The van der Waals surface area contributed by atoms with Gasteiger partial charge in [0.2, 0.25) is 0 Å². The molecule has 0 radical (unpaired) electrons. The number of unbranched alkanes of at least 4 members (excludes halogenated alkanes) is 2. The molecule has 29 heavy (non-hydrogen) atoms. The van der Waals surface area contributed by atoms with Crippen molar-refractivity contribution >= 4 is 33.1 Å². The van der Waals surface area contributed by atoms with Gasteiger partial charge in [-0.1, -0.05) is 31.1 Å². The predicted molar refractivity (Wildman–Crippen MR) is 113 cm³/mol. The topological polar surface area (TPSA) is 86.7 Å². The molecule has 0 saturated heterocycles. The summed E-state index contributed by atoms with van der Waals surface area (Å²) in [7, 11) is 0. The first-order chi connectivity index (χ1) is 14.0. The van der Waals surface area contributed by atoms with E-state index in [1.54, 1.807) is 30.3 Å². The molecule has 2 aromatic carbocycles. The monoisotopic (exact) mass is 413 g/mol. The molecule has 3 rings (SSSR count). The maximum Gasteiger partial charge on any atom is 0.279 e. The summed E-state index contributed by atoms with van der Waals surface area (Å²) in [5.41, 5.74) is 1.32. The molecule has 1 amide bonds. The van der Waals surface area contributed by atoms with Crippen molar-refractivity contribution in [3.8, 4) is 5.75 Å². The number of nitrogens with zero attached hydrogens (tertiary/aromatic N) is 3. The normalized spacial score (nSPS) is 11.7. The summed E-state index contributed by atoms with van der Waals surface area (Å²) in [5.74, 6) is 0.376. The Hall–Kier alpha value is -3.00. The van der Waals surface area contributed by atoms with Crippen LogP contribution in [0.5, 0.6) is 5.75 Å². The Bertz CT molecular complexity index is 1080. The Morgan fingerprint density at radius 3 is 2.59 bits per heavy atom. The van der Waals surface area contributed by atoms with E-state index in [1.807, 2.05) is 11.5 Å². The number of aromatic nitrogens is 1. The third kappa shape index (κ3) is 4.89. The summed E-state index contributed by atoms with van der Waals surface area (Å²) in [4.78, 5) is 28.0. The van der Waals surface area contributed by atoms with E-state index in [1.165, 1.54) is 23.5 Å². The number of benzene rings is 2. The Morgan fingerprint density at radius 1 is 1.17 bits per heavy atom. The predicted octanol–water partition coefficient (Wildman–Crippen LogP) is 4.94. The number of non-ortho nitro benzene ring substituents is 1. The van der Waals surface area contributed by atoms with Crippen LogP contribution in [0.4, 0.5) is 5.69 Å². The Morgan fingerprint density at radius 2 is 1.93 bits per heavy atom. The molecule has 0 aliphatic carbocycles. The highest BCUT2D eigenvalue weighted by Gasteiger charge is 2.12. The van der Waals surface area contributed by atoms with Gasteiger partial charge in [-0.2, -0.15) is 4.99 Å². The smallest absolute Gasteiger partial charge is 0.279 e. The largest absolute Gasteiger partial charge is 0.494 e. The van der Waals surface area contributed by atoms with Crippen LogP contribution >= 0.6 is 11.3 Å². The van der Waals surface area contributed by atoms with Crippen molar-refractivity contribution in [1.29, 1.82) is 0 Å². The first-order valence-electron chi connectivity index (χ1n) is 9.63. The quantitative estimate of drug-likeness (QED) is 0.297. The van der Waals surface area contributed by atoms with Crippen LogP contribution in [0, 0.1) is 10.1 Å². The van der Waals surface area contributed by atoms with Gasteiger partial charge in [0.1, 0.15) is 5.75 Å². The van der Waals surface area contributed by atoms with Crippen LogP contribution in [-0.2, 0) is 6.54 Å². The second kappa shape index (κ2) is 9.47. The number of thiazole rings is 1. The first-order valence-corrected chi connectivity index (χ1v) is 10.4. The third-order valence-electron chi connectivity index (χ3n) is 4.51.